The number of rotatable bonds is 2. The predicted octanol–water partition coefficient (Wildman–Crippen LogP) is 3.43. The average Bonchev–Trinajstić information content (AvgIpc) is 2.14. The van der Waals surface area contributed by atoms with Crippen LogP contribution in [0, 0.1) is 23.2 Å². The number of hydrogen-bond donors (Lipinski definition) is 0. The van der Waals surface area contributed by atoms with E-state index in [-0.39, 0.29) is 0 Å². The van der Waals surface area contributed by atoms with Crippen molar-refractivity contribution in [3.8, 4) is 0 Å². The van der Waals surface area contributed by atoms with Gasteiger partial charge in [-0.2, -0.15) is 0 Å². The van der Waals surface area contributed by atoms with Crippen molar-refractivity contribution in [2.24, 2.45) is 23.2 Å². The van der Waals surface area contributed by atoms with E-state index in [1.807, 2.05) is 0 Å². The molecule has 0 aromatic carbocycles. The summed E-state index contributed by atoms with van der Waals surface area (Å²) < 4.78 is 4.90. The first-order valence-corrected chi connectivity index (χ1v) is 5.72. The van der Waals surface area contributed by atoms with Gasteiger partial charge in [0, 0.05) is 11.6 Å². The maximum atomic E-state index is 10.5. The van der Waals surface area contributed by atoms with Gasteiger partial charge in [0.2, 0.25) is 0 Å². The van der Waals surface area contributed by atoms with E-state index in [1.54, 1.807) is 0 Å². The maximum Gasteiger partial charge on any atom is 0.403 e. The fourth-order valence-electron chi connectivity index (χ4n) is 3.33. The van der Waals surface area contributed by atoms with Gasteiger partial charge in [0.05, 0.1) is 6.61 Å². The molecule has 3 fully saturated rings. The van der Waals surface area contributed by atoms with Crippen LogP contribution in [0.25, 0.3) is 0 Å². The average molecular weight is 217 g/mol. The summed E-state index contributed by atoms with van der Waals surface area (Å²) in [5.74, 6) is 2.17. The molecule has 3 saturated carbocycles. The molecule has 2 bridgehead atoms. The number of ether oxygens (including phenoxy) is 1. The summed E-state index contributed by atoms with van der Waals surface area (Å²) in [6.07, 6.45) is 3.80. The van der Waals surface area contributed by atoms with E-state index >= 15 is 0 Å². The van der Waals surface area contributed by atoms with Gasteiger partial charge in [0.1, 0.15) is 0 Å². The van der Waals surface area contributed by atoms with E-state index in [4.69, 9.17) is 16.3 Å². The number of fused-ring (bicyclic) bond motifs is 2. The molecule has 0 unspecified atom stereocenters. The monoisotopic (exact) mass is 216 g/mol. The van der Waals surface area contributed by atoms with Gasteiger partial charge in [-0.3, -0.25) is 0 Å². The summed E-state index contributed by atoms with van der Waals surface area (Å²) in [5, 5.41) is 0. The zero-order valence-corrected chi connectivity index (χ0v) is 9.51. The molecule has 80 valence electrons. The highest BCUT2D eigenvalue weighted by Crippen LogP contribution is 2.61. The largest absolute Gasteiger partial charge is 0.453 e. The Labute approximate surface area is 90.0 Å². The first-order chi connectivity index (χ1) is 6.51. The van der Waals surface area contributed by atoms with Crippen LogP contribution in [-0.4, -0.2) is 12.0 Å². The van der Waals surface area contributed by atoms with E-state index in [0.29, 0.717) is 17.9 Å². The third kappa shape index (κ3) is 1.54. The lowest BCUT2D eigenvalue weighted by Crippen LogP contribution is -2.53. The van der Waals surface area contributed by atoms with Crippen molar-refractivity contribution < 1.29 is 9.53 Å². The van der Waals surface area contributed by atoms with Crippen LogP contribution in [0.15, 0.2) is 0 Å². The van der Waals surface area contributed by atoms with Crippen molar-refractivity contribution in [3.05, 3.63) is 0 Å². The molecule has 0 spiro atoms. The summed E-state index contributed by atoms with van der Waals surface area (Å²) in [6.45, 7) is 5.18. The third-order valence-electron chi connectivity index (χ3n) is 4.41. The molecule has 2 nitrogen and oxygen atoms in total. The van der Waals surface area contributed by atoms with Crippen molar-refractivity contribution in [1.82, 2.24) is 0 Å². The second-order valence-electron chi connectivity index (χ2n) is 5.25. The van der Waals surface area contributed by atoms with Crippen molar-refractivity contribution >= 4 is 17.0 Å². The molecule has 0 heterocycles. The molecule has 0 saturated heterocycles. The Balaban J connectivity index is 1.91. The number of hydrogen-bond acceptors (Lipinski definition) is 2. The summed E-state index contributed by atoms with van der Waals surface area (Å²) in [5.41, 5.74) is -0.203. The Morgan fingerprint density at radius 1 is 1.50 bits per heavy atom. The lowest BCUT2D eigenvalue weighted by molar-refractivity contribution is -0.116. The van der Waals surface area contributed by atoms with Crippen LogP contribution in [-0.2, 0) is 4.74 Å². The molecule has 14 heavy (non-hydrogen) atoms. The topological polar surface area (TPSA) is 26.3 Å². The van der Waals surface area contributed by atoms with Crippen molar-refractivity contribution in [2.75, 3.05) is 6.61 Å². The minimum Gasteiger partial charge on any atom is -0.453 e. The fraction of sp³-hybridized carbons (Fsp3) is 0.909. The fourth-order valence-corrected chi connectivity index (χ4v) is 3.40. The highest BCUT2D eigenvalue weighted by atomic mass is 35.5. The van der Waals surface area contributed by atoms with E-state index in [0.717, 1.165) is 11.8 Å². The molecule has 0 aliphatic heterocycles. The molecule has 3 atom stereocenters. The molecule has 3 rings (SSSR count). The molecule has 3 heteroatoms. The van der Waals surface area contributed by atoms with Crippen LogP contribution >= 0.6 is 11.6 Å². The van der Waals surface area contributed by atoms with Crippen LogP contribution in [0.3, 0.4) is 0 Å². The Kier molecular flexibility index (Phi) is 2.50. The predicted molar refractivity (Wildman–Crippen MR) is 55.3 cm³/mol. The Bertz CT molecular complexity index is 248. The van der Waals surface area contributed by atoms with E-state index < -0.39 is 5.43 Å². The second-order valence-corrected chi connectivity index (χ2v) is 5.56. The summed E-state index contributed by atoms with van der Waals surface area (Å²) in [6, 6.07) is 0. The maximum absolute atomic E-state index is 10.5. The standard InChI is InChI=1S/C11H17ClO2/c1-11(2)8-4-3-7(9(11)5-8)6-14-10(12)13/h7-9H,3-6H2,1-2H3/t7-,8-,9-/m0/s1. The molecule has 0 radical (unpaired) electrons. The minimum atomic E-state index is -0.663. The highest BCUT2D eigenvalue weighted by molar-refractivity contribution is 6.61. The van der Waals surface area contributed by atoms with Gasteiger partial charge in [-0.15, -0.1) is 0 Å². The number of halogens is 1. The van der Waals surface area contributed by atoms with E-state index in [9.17, 15) is 4.79 Å². The van der Waals surface area contributed by atoms with E-state index in [2.05, 4.69) is 13.8 Å². The minimum absolute atomic E-state index is 0.460. The molecule has 3 aliphatic rings. The lowest BCUT2D eigenvalue weighted by atomic mass is 9.46. The van der Waals surface area contributed by atoms with Crippen LogP contribution in [0.1, 0.15) is 33.1 Å². The van der Waals surface area contributed by atoms with Crippen molar-refractivity contribution in [1.29, 1.82) is 0 Å². The first kappa shape index (κ1) is 10.3. The van der Waals surface area contributed by atoms with Crippen molar-refractivity contribution in [3.63, 3.8) is 0 Å². The van der Waals surface area contributed by atoms with Crippen LogP contribution in [0.4, 0.5) is 4.79 Å². The Morgan fingerprint density at radius 3 is 2.71 bits per heavy atom. The first-order valence-electron chi connectivity index (χ1n) is 5.34. The number of carbonyl (C=O) groups is 1. The highest BCUT2D eigenvalue weighted by Gasteiger charge is 2.54. The van der Waals surface area contributed by atoms with Gasteiger partial charge in [-0.05, 0) is 42.4 Å². The zero-order valence-electron chi connectivity index (χ0n) is 8.75. The van der Waals surface area contributed by atoms with Gasteiger partial charge < -0.3 is 4.74 Å². The van der Waals surface area contributed by atoms with Gasteiger partial charge in [0.15, 0.2) is 0 Å². The number of carbonyl (C=O) groups excluding carboxylic acids is 1. The Hall–Kier alpha value is -0.240. The molecule has 3 aliphatic carbocycles. The van der Waals surface area contributed by atoms with Gasteiger partial charge >= 0.3 is 5.43 Å². The SMILES string of the molecule is CC1(C)[C@H]2CC[C@@H](COC(=O)Cl)[C@@H]1C2. The smallest absolute Gasteiger partial charge is 0.403 e. The summed E-state index contributed by atoms with van der Waals surface area (Å²) in [4.78, 5) is 10.5. The normalized spacial score (nSPS) is 38.6. The van der Waals surface area contributed by atoms with Crippen molar-refractivity contribution in [2.45, 2.75) is 33.1 Å². The Morgan fingerprint density at radius 2 is 2.21 bits per heavy atom. The molecule has 0 aromatic rings. The summed E-state index contributed by atoms with van der Waals surface area (Å²) in [7, 11) is 0. The van der Waals surface area contributed by atoms with Crippen LogP contribution in [0.2, 0.25) is 0 Å². The van der Waals surface area contributed by atoms with Gasteiger partial charge in [-0.1, -0.05) is 13.8 Å². The molecule has 0 aromatic heterocycles. The quantitative estimate of drug-likeness (QED) is 0.661. The molecular weight excluding hydrogens is 200 g/mol. The summed E-state index contributed by atoms with van der Waals surface area (Å²) >= 11 is 5.17. The second kappa shape index (κ2) is 3.41. The molecular formula is C11H17ClO2. The zero-order chi connectivity index (χ0) is 10.3. The van der Waals surface area contributed by atoms with Gasteiger partial charge in [-0.25, -0.2) is 4.79 Å². The van der Waals surface area contributed by atoms with Crippen LogP contribution in [0.5, 0.6) is 0 Å². The molecule has 0 amide bonds. The molecule has 0 N–H and O–H groups in total. The van der Waals surface area contributed by atoms with Crippen LogP contribution < -0.4 is 0 Å². The lowest BCUT2D eigenvalue weighted by Gasteiger charge is -2.59. The van der Waals surface area contributed by atoms with E-state index in [1.165, 1.54) is 19.3 Å². The third-order valence-corrected chi connectivity index (χ3v) is 4.52. The van der Waals surface area contributed by atoms with Gasteiger partial charge in [0.25, 0.3) is 0 Å².